The minimum absolute atomic E-state index is 0.279. The molecule has 1 aromatic carbocycles. The van der Waals surface area contributed by atoms with Gasteiger partial charge in [0, 0.05) is 12.5 Å². The van der Waals surface area contributed by atoms with Gasteiger partial charge in [-0.1, -0.05) is 18.7 Å². The smallest absolute Gasteiger partial charge is 0.330 e. The van der Waals surface area contributed by atoms with Crippen LogP contribution in [0.25, 0.3) is 0 Å². The number of hydrogen-bond donors (Lipinski definition) is 1. The number of phenolic OH excluding ortho intramolecular Hbond substituents is 1. The van der Waals surface area contributed by atoms with Crippen molar-refractivity contribution in [3.8, 4) is 5.75 Å². The molecule has 3 heteroatoms. The molecule has 3 nitrogen and oxygen atoms in total. The average molecular weight is 206 g/mol. The number of phenols is 1. The number of aryl methyl sites for hydroxylation is 1. The van der Waals surface area contributed by atoms with E-state index in [9.17, 15) is 9.90 Å². The first-order chi connectivity index (χ1) is 7.13. The molecule has 0 unspecified atom stereocenters. The first-order valence-corrected chi connectivity index (χ1v) is 4.71. The van der Waals surface area contributed by atoms with Crippen LogP contribution in [0, 0.1) is 6.92 Å². The van der Waals surface area contributed by atoms with Gasteiger partial charge in [-0.15, -0.1) is 0 Å². The standard InChI is InChI=1S/C12H14O3/c1-3-12(14)15-7-6-10-4-5-11(13)9(2)8-10/h3-5,8,13H,1,6-7H2,2H3. The summed E-state index contributed by atoms with van der Waals surface area (Å²) in [6.45, 7) is 5.46. The molecule has 0 amide bonds. The highest BCUT2D eigenvalue weighted by molar-refractivity contribution is 5.81. The fraction of sp³-hybridized carbons (Fsp3) is 0.250. The number of ether oxygens (including phenoxy) is 1. The summed E-state index contributed by atoms with van der Waals surface area (Å²) in [5, 5.41) is 9.30. The van der Waals surface area contributed by atoms with Crippen LogP contribution in [0.2, 0.25) is 0 Å². The largest absolute Gasteiger partial charge is 0.508 e. The van der Waals surface area contributed by atoms with Crippen molar-refractivity contribution in [2.24, 2.45) is 0 Å². The predicted octanol–water partition coefficient (Wildman–Crippen LogP) is 1.97. The first-order valence-electron chi connectivity index (χ1n) is 4.71. The number of carbonyl (C=O) groups excluding carboxylic acids is 1. The molecule has 1 aromatic rings. The van der Waals surface area contributed by atoms with Crippen LogP contribution in [0.3, 0.4) is 0 Å². The zero-order chi connectivity index (χ0) is 11.3. The summed E-state index contributed by atoms with van der Waals surface area (Å²) in [7, 11) is 0. The highest BCUT2D eigenvalue weighted by Crippen LogP contribution is 2.17. The van der Waals surface area contributed by atoms with Gasteiger partial charge in [0.25, 0.3) is 0 Å². The third-order valence-corrected chi connectivity index (χ3v) is 2.06. The molecule has 0 radical (unpaired) electrons. The van der Waals surface area contributed by atoms with E-state index in [1.54, 1.807) is 6.07 Å². The van der Waals surface area contributed by atoms with Crippen molar-refractivity contribution in [2.45, 2.75) is 13.3 Å². The van der Waals surface area contributed by atoms with Crippen LogP contribution < -0.4 is 0 Å². The van der Waals surface area contributed by atoms with Crippen molar-refractivity contribution in [3.63, 3.8) is 0 Å². The van der Waals surface area contributed by atoms with Gasteiger partial charge in [0.15, 0.2) is 0 Å². The maximum Gasteiger partial charge on any atom is 0.330 e. The van der Waals surface area contributed by atoms with Crippen LogP contribution in [0.15, 0.2) is 30.9 Å². The summed E-state index contributed by atoms with van der Waals surface area (Å²) < 4.78 is 4.85. The van der Waals surface area contributed by atoms with Crippen LogP contribution in [-0.2, 0) is 16.0 Å². The maximum absolute atomic E-state index is 10.7. The number of hydrogen-bond acceptors (Lipinski definition) is 3. The molecule has 0 spiro atoms. The lowest BCUT2D eigenvalue weighted by atomic mass is 10.1. The monoisotopic (exact) mass is 206 g/mol. The number of carbonyl (C=O) groups is 1. The van der Waals surface area contributed by atoms with Crippen molar-refractivity contribution in [2.75, 3.05) is 6.61 Å². The maximum atomic E-state index is 10.7. The predicted molar refractivity (Wildman–Crippen MR) is 57.7 cm³/mol. The molecule has 0 heterocycles. The summed E-state index contributed by atoms with van der Waals surface area (Å²) in [6.07, 6.45) is 1.78. The summed E-state index contributed by atoms with van der Waals surface area (Å²) in [4.78, 5) is 10.7. The van der Waals surface area contributed by atoms with Crippen molar-refractivity contribution < 1.29 is 14.6 Å². The fourth-order valence-corrected chi connectivity index (χ4v) is 1.20. The average Bonchev–Trinajstić information content (AvgIpc) is 2.23. The number of benzene rings is 1. The Bertz CT molecular complexity index is 369. The number of aromatic hydroxyl groups is 1. The van der Waals surface area contributed by atoms with E-state index in [0.29, 0.717) is 13.0 Å². The summed E-state index contributed by atoms with van der Waals surface area (Å²) in [5.74, 6) is -0.132. The van der Waals surface area contributed by atoms with Gasteiger partial charge in [-0.3, -0.25) is 0 Å². The van der Waals surface area contributed by atoms with Gasteiger partial charge in [-0.05, 0) is 24.1 Å². The molecule has 15 heavy (non-hydrogen) atoms. The minimum atomic E-state index is -0.412. The molecule has 1 N–H and O–H groups in total. The van der Waals surface area contributed by atoms with Crippen molar-refractivity contribution in [1.82, 2.24) is 0 Å². The molecule has 0 fully saturated rings. The lowest BCUT2D eigenvalue weighted by molar-refractivity contribution is -0.137. The molecule has 80 valence electrons. The van der Waals surface area contributed by atoms with Crippen LogP contribution in [0.5, 0.6) is 5.75 Å². The molecule has 0 saturated carbocycles. The fourth-order valence-electron chi connectivity index (χ4n) is 1.20. The van der Waals surface area contributed by atoms with Gasteiger partial charge < -0.3 is 9.84 Å². The molecule has 0 aromatic heterocycles. The van der Waals surface area contributed by atoms with Gasteiger partial charge in [-0.2, -0.15) is 0 Å². The Morgan fingerprint density at radius 2 is 2.33 bits per heavy atom. The summed E-state index contributed by atoms with van der Waals surface area (Å²) >= 11 is 0. The molecule has 0 aliphatic rings. The molecule has 1 rings (SSSR count). The van der Waals surface area contributed by atoms with Gasteiger partial charge in [-0.25, -0.2) is 4.79 Å². The van der Waals surface area contributed by atoms with Gasteiger partial charge in [0.2, 0.25) is 0 Å². The Labute approximate surface area is 89.0 Å². The third-order valence-electron chi connectivity index (χ3n) is 2.06. The third kappa shape index (κ3) is 3.46. The Kier molecular flexibility index (Phi) is 3.92. The Morgan fingerprint density at radius 1 is 1.60 bits per heavy atom. The summed E-state index contributed by atoms with van der Waals surface area (Å²) in [6, 6.07) is 5.32. The number of esters is 1. The lowest BCUT2D eigenvalue weighted by Gasteiger charge is -2.04. The molecule has 0 atom stereocenters. The zero-order valence-corrected chi connectivity index (χ0v) is 8.69. The van der Waals surface area contributed by atoms with E-state index in [0.717, 1.165) is 17.2 Å². The minimum Gasteiger partial charge on any atom is -0.508 e. The van der Waals surface area contributed by atoms with E-state index in [4.69, 9.17) is 4.74 Å². The Hall–Kier alpha value is -1.77. The van der Waals surface area contributed by atoms with Crippen molar-refractivity contribution in [1.29, 1.82) is 0 Å². The van der Waals surface area contributed by atoms with Crippen LogP contribution in [-0.4, -0.2) is 17.7 Å². The normalized spacial score (nSPS) is 9.67. The molecule has 0 saturated heterocycles. The topological polar surface area (TPSA) is 46.5 Å². The second kappa shape index (κ2) is 5.20. The quantitative estimate of drug-likeness (QED) is 0.605. The van der Waals surface area contributed by atoms with E-state index in [1.807, 2.05) is 19.1 Å². The molecular formula is C12H14O3. The summed E-state index contributed by atoms with van der Waals surface area (Å²) in [5.41, 5.74) is 1.85. The second-order valence-electron chi connectivity index (χ2n) is 3.24. The van der Waals surface area contributed by atoms with Crippen LogP contribution >= 0.6 is 0 Å². The van der Waals surface area contributed by atoms with Gasteiger partial charge in [0.05, 0.1) is 6.61 Å². The SMILES string of the molecule is C=CC(=O)OCCc1ccc(O)c(C)c1. The van der Waals surface area contributed by atoms with E-state index >= 15 is 0 Å². The highest BCUT2D eigenvalue weighted by Gasteiger charge is 2.00. The van der Waals surface area contributed by atoms with Crippen molar-refractivity contribution in [3.05, 3.63) is 42.0 Å². The Morgan fingerprint density at radius 3 is 2.93 bits per heavy atom. The van der Waals surface area contributed by atoms with Gasteiger partial charge in [0.1, 0.15) is 5.75 Å². The Balaban J connectivity index is 2.48. The van der Waals surface area contributed by atoms with E-state index < -0.39 is 5.97 Å². The molecular weight excluding hydrogens is 192 g/mol. The van der Waals surface area contributed by atoms with Crippen LogP contribution in [0.1, 0.15) is 11.1 Å². The van der Waals surface area contributed by atoms with E-state index in [-0.39, 0.29) is 5.75 Å². The van der Waals surface area contributed by atoms with Crippen molar-refractivity contribution >= 4 is 5.97 Å². The van der Waals surface area contributed by atoms with E-state index in [1.165, 1.54) is 0 Å². The molecule has 0 aliphatic carbocycles. The van der Waals surface area contributed by atoms with Crippen LogP contribution in [0.4, 0.5) is 0 Å². The highest BCUT2D eigenvalue weighted by atomic mass is 16.5. The van der Waals surface area contributed by atoms with E-state index in [2.05, 4.69) is 6.58 Å². The first kappa shape index (κ1) is 11.3. The molecule has 0 bridgehead atoms. The lowest BCUT2D eigenvalue weighted by Crippen LogP contribution is -2.04. The molecule has 0 aliphatic heterocycles. The van der Waals surface area contributed by atoms with Gasteiger partial charge >= 0.3 is 5.97 Å². The second-order valence-corrected chi connectivity index (χ2v) is 3.24. The zero-order valence-electron chi connectivity index (χ0n) is 8.69. The number of rotatable bonds is 4.